The zero-order valence-electron chi connectivity index (χ0n) is 12.6. The summed E-state index contributed by atoms with van der Waals surface area (Å²) in [5.74, 6) is 0. The third-order valence-electron chi connectivity index (χ3n) is 2.95. The summed E-state index contributed by atoms with van der Waals surface area (Å²) in [6.45, 7) is 3.24. The van der Waals surface area contributed by atoms with E-state index in [1.54, 1.807) is 22.7 Å². The van der Waals surface area contributed by atoms with Gasteiger partial charge in [-0.2, -0.15) is 0 Å². The Morgan fingerprint density at radius 3 is 2.65 bits per heavy atom. The van der Waals surface area contributed by atoms with Crippen LogP contribution in [0.2, 0.25) is 0 Å². The minimum Gasteiger partial charge on any atom is -0.365 e. The van der Waals surface area contributed by atoms with E-state index in [0.29, 0.717) is 0 Å². The number of anilines is 1. The van der Waals surface area contributed by atoms with Gasteiger partial charge in [-0.1, -0.05) is 13.3 Å². The Labute approximate surface area is 128 Å². The molecule has 0 fully saturated rings. The molecule has 0 aliphatic rings. The van der Waals surface area contributed by atoms with Crippen LogP contribution in [0.15, 0.2) is 5.38 Å². The molecule has 1 N–H and O–H groups in total. The van der Waals surface area contributed by atoms with Gasteiger partial charge in [0.25, 0.3) is 0 Å². The summed E-state index contributed by atoms with van der Waals surface area (Å²) < 4.78 is 0. The third-order valence-corrected chi connectivity index (χ3v) is 4.99. The highest BCUT2D eigenvalue weighted by molar-refractivity contribution is 7.16. The summed E-state index contributed by atoms with van der Waals surface area (Å²) in [4.78, 5) is 12.9. The van der Waals surface area contributed by atoms with Gasteiger partial charge in [0.2, 0.25) is 0 Å². The summed E-state index contributed by atoms with van der Waals surface area (Å²) in [6, 6.07) is 0. The van der Waals surface area contributed by atoms with Gasteiger partial charge in [0.1, 0.15) is 0 Å². The van der Waals surface area contributed by atoms with Crippen LogP contribution in [-0.4, -0.2) is 42.6 Å². The second-order valence-corrected chi connectivity index (χ2v) is 6.92. The van der Waals surface area contributed by atoms with Crippen molar-refractivity contribution in [2.75, 3.05) is 33.0 Å². The Kier molecular flexibility index (Phi) is 5.51. The first-order valence-electron chi connectivity index (χ1n) is 6.91. The fourth-order valence-electron chi connectivity index (χ4n) is 1.93. The zero-order valence-corrected chi connectivity index (χ0v) is 14.2. The fraction of sp³-hybridized carbons (Fsp3) is 0.571. The lowest BCUT2D eigenvalue weighted by atomic mass is 10.2. The second kappa shape index (κ2) is 7.15. The molecule has 0 amide bonds. The van der Waals surface area contributed by atoms with Gasteiger partial charge in [0.05, 0.1) is 21.3 Å². The summed E-state index contributed by atoms with van der Waals surface area (Å²) in [7, 11) is 6.10. The van der Waals surface area contributed by atoms with Gasteiger partial charge in [0.15, 0.2) is 5.13 Å². The molecule has 0 aliphatic heterocycles. The molecule has 2 rings (SSSR count). The lowest BCUT2D eigenvalue weighted by Gasteiger charge is -2.06. The molecule has 110 valence electrons. The van der Waals surface area contributed by atoms with Crippen molar-refractivity contribution in [3.05, 3.63) is 16.1 Å². The predicted octanol–water partition coefficient (Wildman–Crippen LogP) is 3.36. The van der Waals surface area contributed by atoms with Gasteiger partial charge in [0, 0.05) is 25.4 Å². The summed E-state index contributed by atoms with van der Waals surface area (Å²) in [6.07, 6.45) is 3.16. The highest BCUT2D eigenvalue weighted by Gasteiger charge is 2.15. The van der Waals surface area contributed by atoms with Gasteiger partial charge in [-0.25, -0.2) is 9.97 Å². The molecule has 0 aliphatic carbocycles. The van der Waals surface area contributed by atoms with Crippen molar-refractivity contribution >= 4 is 27.8 Å². The summed E-state index contributed by atoms with van der Waals surface area (Å²) >= 11 is 3.44. The fourth-order valence-corrected chi connectivity index (χ4v) is 3.72. The molecule has 0 spiro atoms. The molecule has 0 saturated heterocycles. The van der Waals surface area contributed by atoms with Crippen LogP contribution in [0.5, 0.6) is 0 Å². The van der Waals surface area contributed by atoms with E-state index in [1.807, 2.05) is 7.05 Å². The first kappa shape index (κ1) is 15.4. The smallest absolute Gasteiger partial charge is 0.182 e. The van der Waals surface area contributed by atoms with Crippen LogP contribution in [0.1, 0.15) is 24.0 Å². The molecule has 0 atom stereocenters. The number of aryl methyl sites for hydroxylation is 1. The van der Waals surface area contributed by atoms with Crippen molar-refractivity contribution < 1.29 is 0 Å². The number of nitrogens with one attached hydrogen (secondary N) is 1. The largest absolute Gasteiger partial charge is 0.365 e. The zero-order chi connectivity index (χ0) is 14.5. The first-order valence-corrected chi connectivity index (χ1v) is 8.60. The van der Waals surface area contributed by atoms with Crippen molar-refractivity contribution in [3.63, 3.8) is 0 Å². The molecule has 0 unspecified atom stereocenters. The van der Waals surface area contributed by atoms with Crippen LogP contribution in [-0.2, 0) is 12.8 Å². The monoisotopic (exact) mass is 310 g/mol. The first-order chi connectivity index (χ1) is 9.63. The van der Waals surface area contributed by atoms with Crippen LogP contribution in [0, 0.1) is 0 Å². The quantitative estimate of drug-likeness (QED) is 0.851. The molecule has 6 heteroatoms. The van der Waals surface area contributed by atoms with E-state index < -0.39 is 0 Å². The maximum Gasteiger partial charge on any atom is 0.182 e. The molecule has 2 aromatic rings. The Morgan fingerprint density at radius 1 is 1.25 bits per heavy atom. The molecule has 0 bridgehead atoms. The third kappa shape index (κ3) is 3.77. The molecular weight excluding hydrogens is 288 g/mol. The van der Waals surface area contributed by atoms with E-state index in [0.717, 1.165) is 36.6 Å². The van der Waals surface area contributed by atoms with E-state index in [4.69, 9.17) is 4.98 Å². The average molecular weight is 310 g/mol. The van der Waals surface area contributed by atoms with E-state index in [1.165, 1.54) is 15.6 Å². The number of thiazole rings is 2. The maximum absolute atomic E-state index is 4.82. The van der Waals surface area contributed by atoms with Crippen LogP contribution in [0.4, 0.5) is 5.13 Å². The summed E-state index contributed by atoms with van der Waals surface area (Å²) in [5, 5.41) is 7.40. The Hall–Kier alpha value is -0.980. The van der Waals surface area contributed by atoms with E-state index in [-0.39, 0.29) is 0 Å². The van der Waals surface area contributed by atoms with Gasteiger partial charge in [-0.05, 0) is 20.5 Å². The Balaban J connectivity index is 2.25. The van der Waals surface area contributed by atoms with Gasteiger partial charge in [-0.15, -0.1) is 22.7 Å². The predicted molar refractivity (Wildman–Crippen MR) is 89.0 cm³/mol. The van der Waals surface area contributed by atoms with E-state index in [9.17, 15) is 0 Å². The molecule has 0 saturated carbocycles. The van der Waals surface area contributed by atoms with Gasteiger partial charge < -0.3 is 10.2 Å². The standard InChI is InChI=1S/C14H22N4S2/c1-5-6-10-13(11-9-19-14(15-2)17-11)20-12(16-10)7-8-18(3)4/h9H,5-8H2,1-4H3,(H,15,17). The highest BCUT2D eigenvalue weighted by Crippen LogP contribution is 2.33. The molecular formula is C14H22N4S2. The molecule has 0 radical (unpaired) electrons. The highest BCUT2D eigenvalue weighted by atomic mass is 32.1. The van der Waals surface area contributed by atoms with Crippen LogP contribution in [0.25, 0.3) is 10.6 Å². The SMILES string of the molecule is CCCc1nc(CCN(C)C)sc1-c1csc(NC)n1. The Morgan fingerprint density at radius 2 is 2.05 bits per heavy atom. The van der Waals surface area contributed by atoms with E-state index in [2.05, 4.69) is 41.6 Å². The minimum atomic E-state index is 0.964. The van der Waals surface area contributed by atoms with Crippen molar-refractivity contribution in [1.82, 2.24) is 14.9 Å². The maximum atomic E-state index is 4.82. The number of aromatic nitrogens is 2. The molecule has 2 heterocycles. The molecule has 2 aromatic heterocycles. The number of hydrogen-bond donors (Lipinski definition) is 1. The number of hydrogen-bond acceptors (Lipinski definition) is 6. The van der Waals surface area contributed by atoms with Crippen LogP contribution < -0.4 is 5.32 Å². The number of nitrogens with zero attached hydrogens (tertiary/aromatic N) is 3. The number of likely N-dealkylation sites (N-methyl/N-ethyl adjacent to an activating group) is 1. The van der Waals surface area contributed by atoms with Crippen molar-refractivity contribution in [2.45, 2.75) is 26.2 Å². The van der Waals surface area contributed by atoms with Crippen molar-refractivity contribution in [3.8, 4) is 10.6 Å². The second-order valence-electron chi connectivity index (χ2n) is 4.97. The van der Waals surface area contributed by atoms with Crippen molar-refractivity contribution in [1.29, 1.82) is 0 Å². The molecule has 0 aromatic carbocycles. The lowest BCUT2D eigenvalue weighted by Crippen LogP contribution is -2.14. The molecule has 20 heavy (non-hydrogen) atoms. The van der Waals surface area contributed by atoms with Gasteiger partial charge in [-0.3, -0.25) is 0 Å². The molecule has 4 nitrogen and oxygen atoms in total. The van der Waals surface area contributed by atoms with Crippen LogP contribution in [0.3, 0.4) is 0 Å². The minimum absolute atomic E-state index is 0.964. The average Bonchev–Trinajstić information content (AvgIpc) is 3.03. The lowest BCUT2D eigenvalue weighted by molar-refractivity contribution is 0.413. The summed E-state index contributed by atoms with van der Waals surface area (Å²) in [5.41, 5.74) is 2.27. The topological polar surface area (TPSA) is 41.1 Å². The van der Waals surface area contributed by atoms with Crippen molar-refractivity contribution in [2.24, 2.45) is 0 Å². The van der Waals surface area contributed by atoms with Crippen LogP contribution >= 0.6 is 22.7 Å². The van der Waals surface area contributed by atoms with Gasteiger partial charge >= 0.3 is 0 Å². The normalized spacial score (nSPS) is 11.2. The Bertz CT molecular complexity index is 545. The number of rotatable bonds is 7. The van der Waals surface area contributed by atoms with E-state index >= 15 is 0 Å².